The second-order valence-corrected chi connectivity index (χ2v) is 6.91. The van der Waals surface area contributed by atoms with Crippen LogP contribution in [-0.2, 0) is 16.0 Å². The number of aromatic nitrogens is 1. The minimum atomic E-state index is -0.390. The third-order valence-corrected chi connectivity index (χ3v) is 4.86. The third kappa shape index (κ3) is 4.14. The number of aryl methyl sites for hydroxylation is 1. The number of hydrogen-bond donors (Lipinski definition) is 3. The summed E-state index contributed by atoms with van der Waals surface area (Å²) < 4.78 is 5.37. The summed E-state index contributed by atoms with van der Waals surface area (Å²) in [6.07, 6.45) is 1.82. The van der Waals surface area contributed by atoms with Gasteiger partial charge in [0.15, 0.2) is 5.78 Å². The molecule has 2 aromatic rings. The quantitative estimate of drug-likeness (QED) is 0.665. The van der Waals surface area contributed by atoms with Crippen LogP contribution in [0.2, 0.25) is 0 Å². The monoisotopic (exact) mass is 383 g/mol. The molecule has 0 aliphatic carbocycles. The van der Waals surface area contributed by atoms with E-state index >= 15 is 0 Å². The average Bonchev–Trinajstić information content (AvgIpc) is 3.30. The van der Waals surface area contributed by atoms with Crippen molar-refractivity contribution in [3.8, 4) is 0 Å². The van der Waals surface area contributed by atoms with Crippen molar-refractivity contribution in [2.45, 2.75) is 46.1 Å². The van der Waals surface area contributed by atoms with Crippen LogP contribution in [0.3, 0.4) is 0 Å². The summed E-state index contributed by atoms with van der Waals surface area (Å²) >= 11 is 0. The van der Waals surface area contributed by atoms with Gasteiger partial charge in [-0.3, -0.25) is 14.4 Å². The average molecular weight is 383 g/mol. The molecule has 1 saturated heterocycles. The van der Waals surface area contributed by atoms with Crippen molar-refractivity contribution in [3.05, 3.63) is 46.8 Å². The van der Waals surface area contributed by atoms with Crippen LogP contribution in [0.5, 0.6) is 0 Å². The normalized spacial score (nSPS) is 16.0. The number of H-pyrrole nitrogens is 1. The lowest BCUT2D eigenvalue weighted by atomic mass is 10.0. The number of ketones is 1. The molecule has 1 atom stereocenters. The molecular weight excluding hydrogens is 358 g/mol. The molecule has 1 aromatic heterocycles. The summed E-state index contributed by atoms with van der Waals surface area (Å²) in [5.74, 6) is -0.514. The summed E-state index contributed by atoms with van der Waals surface area (Å²) in [5, 5.41) is 5.65. The Morgan fingerprint density at radius 2 is 1.79 bits per heavy atom. The second kappa shape index (κ2) is 8.39. The van der Waals surface area contributed by atoms with Crippen molar-refractivity contribution < 1.29 is 19.1 Å². The number of anilines is 2. The van der Waals surface area contributed by atoms with Gasteiger partial charge in [0.05, 0.1) is 0 Å². The Bertz CT molecular complexity index is 893. The number of Topliss-reactive ketones (excluding diaryl/α,β-unsaturated/α-hetero) is 1. The lowest BCUT2D eigenvalue weighted by molar-refractivity contribution is -0.124. The number of rotatable bonds is 6. The number of ether oxygens (including phenoxy) is 1. The Balaban J connectivity index is 1.69. The van der Waals surface area contributed by atoms with Crippen LogP contribution in [0, 0.1) is 6.92 Å². The summed E-state index contributed by atoms with van der Waals surface area (Å²) in [6.45, 7) is 5.82. The number of aromatic amines is 1. The molecule has 1 fully saturated rings. The van der Waals surface area contributed by atoms with Crippen molar-refractivity contribution >= 4 is 29.0 Å². The van der Waals surface area contributed by atoms with E-state index in [-0.39, 0.29) is 17.6 Å². The first kappa shape index (κ1) is 19.8. The van der Waals surface area contributed by atoms with Crippen molar-refractivity contribution in [3.63, 3.8) is 0 Å². The molecule has 2 amide bonds. The molecule has 28 heavy (non-hydrogen) atoms. The largest absolute Gasteiger partial charge is 0.368 e. The molecule has 2 heterocycles. The Hall–Kier alpha value is -2.93. The van der Waals surface area contributed by atoms with Crippen molar-refractivity contribution in [1.82, 2.24) is 4.98 Å². The fourth-order valence-electron chi connectivity index (χ4n) is 3.54. The van der Waals surface area contributed by atoms with Crippen LogP contribution in [-0.4, -0.2) is 35.3 Å². The van der Waals surface area contributed by atoms with Crippen molar-refractivity contribution in [2.75, 3.05) is 17.2 Å². The predicted octanol–water partition coefficient (Wildman–Crippen LogP) is 3.46. The highest BCUT2D eigenvalue weighted by atomic mass is 16.5. The maximum absolute atomic E-state index is 12.7. The third-order valence-electron chi connectivity index (χ3n) is 4.86. The van der Waals surface area contributed by atoms with Crippen LogP contribution in [0.1, 0.15) is 58.8 Å². The van der Waals surface area contributed by atoms with Gasteiger partial charge in [-0.2, -0.15) is 0 Å². The number of benzene rings is 1. The van der Waals surface area contributed by atoms with Gasteiger partial charge in [-0.1, -0.05) is 6.92 Å². The highest BCUT2D eigenvalue weighted by Crippen LogP contribution is 2.22. The highest BCUT2D eigenvalue weighted by Gasteiger charge is 2.24. The minimum Gasteiger partial charge on any atom is -0.368 e. The molecule has 1 unspecified atom stereocenters. The maximum Gasteiger partial charge on any atom is 0.272 e. The first-order chi connectivity index (χ1) is 13.4. The van der Waals surface area contributed by atoms with Crippen LogP contribution in [0.25, 0.3) is 0 Å². The van der Waals surface area contributed by atoms with Crippen LogP contribution < -0.4 is 10.6 Å². The summed E-state index contributed by atoms with van der Waals surface area (Å²) in [6, 6.07) is 6.89. The van der Waals surface area contributed by atoms with Gasteiger partial charge >= 0.3 is 0 Å². The van der Waals surface area contributed by atoms with Crippen LogP contribution in [0.4, 0.5) is 11.4 Å². The van der Waals surface area contributed by atoms with Gasteiger partial charge in [0, 0.05) is 29.2 Å². The Morgan fingerprint density at radius 1 is 1.14 bits per heavy atom. The van der Waals surface area contributed by atoms with Crippen LogP contribution >= 0.6 is 0 Å². The lowest BCUT2D eigenvalue weighted by Gasteiger charge is -2.11. The number of carbonyl (C=O) groups is 3. The van der Waals surface area contributed by atoms with Crippen LogP contribution in [0.15, 0.2) is 24.3 Å². The van der Waals surface area contributed by atoms with Gasteiger partial charge in [0.1, 0.15) is 11.8 Å². The fraction of sp³-hybridized carbons (Fsp3) is 0.381. The molecule has 1 aromatic carbocycles. The molecule has 0 radical (unpaired) electrons. The molecule has 1 aliphatic rings. The molecule has 0 spiro atoms. The Morgan fingerprint density at radius 3 is 2.32 bits per heavy atom. The van der Waals surface area contributed by atoms with Gasteiger partial charge < -0.3 is 20.4 Å². The first-order valence-electron chi connectivity index (χ1n) is 9.47. The Labute approximate surface area is 163 Å². The molecule has 0 bridgehead atoms. The van der Waals surface area contributed by atoms with E-state index < -0.39 is 6.10 Å². The van der Waals surface area contributed by atoms with E-state index in [4.69, 9.17) is 4.74 Å². The Kier molecular flexibility index (Phi) is 5.94. The van der Waals surface area contributed by atoms with Crippen molar-refractivity contribution in [2.24, 2.45) is 0 Å². The summed E-state index contributed by atoms with van der Waals surface area (Å²) in [7, 11) is 0. The van der Waals surface area contributed by atoms with E-state index in [0.717, 1.165) is 18.4 Å². The van der Waals surface area contributed by atoms with E-state index in [1.807, 2.05) is 6.92 Å². The van der Waals surface area contributed by atoms with Gasteiger partial charge in [-0.05, 0) is 62.9 Å². The number of carbonyl (C=O) groups excluding carboxylic acids is 3. The molecular formula is C21H25N3O4. The molecule has 0 saturated carbocycles. The predicted molar refractivity (Wildman–Crippen MR) is 107 cm³/mol. The van der Waals surface area contributed by atoms with E-state index in [9.17, 15) is 14.4 Å². The molecule has 7 nitrogen and oxygen atoms in total. The van der Waals surface area contributed by atoms with E-state index in [1.54, 1.807) is 31.2 Å². The van der Waals surface area contributed by atoms with E-state index in [1.165, 1.54) is 6.92 Å². The molecule has 3 N–H and O–H groups in total. The molecule has 7 heteroatoms. The van der Waals surface area contributed by atoms with E-state index in [2.05, 4.69) is 15.6 Å². The molecule has 3 rings (SSSR count). The highest BCUT2D eigenvalue weighted by molar-refractivity contribution is 6.07. The van der Waals surface area contributed by atoms with Gasteiger partial charge in [0.25, 0.3) is 11.8 Å². The SMILES string of the molecule is CCc1c(C(=O)Nc2ccc(NC(=O)C3CCCO3)cc2)[nH]c(C)c1C(C)=O. The summed E-state index contributed by atoms with van der Waals surface area (Å²) in [5.41, 5.74) is 3.64. The van der Waals surface area contributed by atoms with E-state index in [0.29, 0.717) is 41.4 Å². The number of hydrogen-bond acceptors (Lipinski definition) is 4. The fourth-order valence-corrected chi connectivity index (χ4v) is 3.54. The smallest absolute Gasteiger partial charge is 0.272 e. The first-order valence-corrected chi connectivity index (χ1v) is 9.47. The van der Waals surface area contributed by atoms with Gasteiger partial charge in [-0.25, -0.2) is 0 Å². The summed E-state index contributed by atoms with van der Waals surface area (Å²) in [4.78, 5) is 39.7. The van der Waals surface area contributed by atoms with Crippen molar-refractivity contribution in [1.29, 1.82) is 0 Å². The zero-order valence-electron chi connectivity index (χ0n) is 16.3. The molecule has 148 valence electrons. The maximum atomic E-state index is 12.7. The standard InChI is InChI=1S/C21H25N3O4/c1-4-16-18(13(3)25)12(2)22-19(16)21(27)24-15-9-7-14(8-10-15)23-20(26)17-6-5-11-28-17/h7-10,17,22H,4-6,11H2,1-3H3,(H,23,26)(H,24,27). The zero-order valence-corrected chi connectivity index (χ0v) is 16.3. The van der Waals surface area contributed by atoms with Gasteiger partial charge in [-0.15, -0.1) is 0 Å². The second-order valence-electron chi connectivity index (χ2n) is 6.91. The number of amides is 2. The molecule has 1 aliphatic heterocycles. The van der Waals surface area contributed by atoms with Gasteiger partial charge in [0.2, 0.25) is 0 Å². The number of nitrogens with one attached hydrogen (secondary N) is 3. The minimum absolute atomic E-state index is 0.0593. The zero-order chi connectivity index (χ0) is 20.3. The topological polar surface area (TPSA) is 100 Å². The lowest BCUT2D eigenvalue weighted by Crippen LogP contribution is -2.26.